The van der Waals surface area contributed by atoms with E-state index >= 15 is 0 Å². The Morgan fingerprint density at radius 2 is 1.93 bits per heavy atom. The van der Waals surface area contributed by atoms with Crippen molar-refractivity contribution in [2.45, 2.75) is 63.5 Å². The van der Waals surface area contributed by atoms with Gasteiger partial charge in [-0.3, -0.25) is 9.59 Å². The van der Waals surface area contributed by atoms with Crippen molar-refractivity contribution in [1.82, 2.24) is 10.2 Å². The van der Waals surface area contributed by atoms with Crippen molar-refractivity contribution >= 4 is 11.8 Å². The van der Waals surface area contributed by atoms with Crippen LogP contribution in [-0.2, 0) is 16.0 Å². The molecule has 3 N–H and O–H groups in total. The summed E-state index contributed by atoms with van der Waals surface area (Å²) in [5, 5.41) is 3.09. The summed E-state index contributed by atoms with van der Waals surface area (Å²) in [7, 11) is 1.64. The van der Waals surface area contributed by atoms with E-state index in [9.17, 15) is 9.59 Å². The van der Waals surface area contributed by atoms with Crippen LogP contribution in [0.3, 0.4) is 0 Å². The Bertz CT molecular complexity index is 671. The monoisotopic (exact) mass is 387 g/mol. The van der Waals surface area contributed by atoms with Crippen molar-refractivity contribution in [3.8, 4) is 5.75 Å². The Morgan fingerprint density at radius 1 is 1.18 bits per heavy atom. The van der Waals surface area contributed by atoms with Gasteiger partial charge in [0.2, 0.25) is 11.8 Å². The lowest BCUT2D eigenvalue weighted by Gasteiger charge is -2.28. The zero-order valence-electron chi connectivity index (χ0n) is 16.9. The van der Waals surface area contributed by atoms with Gasteiger partial charge in [-0.25, -0.2) is 0 Å². The average Bonchev–Trinajstić information content (AvgIpc) is 3.21. The highest BCUT2D eigenvalue weighted by atomic mass is 16.5. The van der Waals surface area contributed by atoms with Gasteiger partial charge in [0.25, 0.3) is 0 Å². The van der Waals surface area contributed by atoms with E-state index in [1.165, 1.54) is 0 Å². The molecule has 1 saturated heterocycles. The van der Waals surface area contributed by atoms with Crippen LogP contribution in [0.5, 0.6) is 5.75 Å². The van der Waals surface area contributed by atoms with Gasteiger partial charge in [0, 0.05) is 25.6 Å². The third-order valence-electron chi connectivity index (χ3n) is 6.13. The number of methoxy groups -OCH3 is 1. The van der Waals surface area contributed by atoms with Gasteiger partial charge >= 0.3 is 0 Å². The minimum atomic E-state index is -0.323. The van der Waals surface area contributed by atoms with Gasteiger partial charge in [-0.2, -0.15) is 0 Å². The molecule has 2 aliphatic rings. The number of hydrogen-bond acceptors (Lipinski definition) is 4. The largest absolute Gasteiger partial charge is 0.496 e. The van der Waals surface area contributed by atoms with Crippen molar-refractivity contribution < 1.29 is 14.3 Å². The molecule has 0 spiro atoms. The van der Waals surface area contributed by atoms with Crippen LogP contribution < -0.4 is 15.8 Å². The highest BCUT2D eigenvalue weighted by molar-refractivity contribution is 5.88. The van der Waals surface area contributed by atoms with Gasteiger partial charge < -0.3 is 20.7 Å². The second-order valence-corrected chi connectivity index (χ2v) is 8.08. The quantitative estimate of drug-likeness (QED) is 0.752. The molecule has 1 aromatic carbocycles. The average molecular weight is 388 g/mol. The third-order valence-corrected chi connectivity index (χ3v) is 6.13. The van der Waals surface area contributed by atoms with E-state index in [4.69, 9.17) is 10.5 Å². The third kappa shape index (κ3) is 5.25. The van der Waals surface area contributed by atoms with Gasteiger partial charge in [0.15, 0.2) is 0 Å². The molecule has 0 radical (unpaired) electrons. The van der Waals surface area contributed by atoms with Crippen LogP contribution in [-0.4, -0.2) is 49.0 Å². The molecule has 0 aromatic heterocycles. The summed E-state index contributed by atoms with van der Waals surface area (Å²) in [6.07, 6.45) is 6.88. The zero-order chi connectivity index (χ0) is 19.9. The number of para-hydroxylation sites is 1. The Kier molecular flexibility index (Phi) is 7.31. The predicted molar refractivity (Wildman–Crippen MR) is 109 cm³/mol. The fourth-order valence-electron chi connectivity index (χ4n) is 4.39. The van der Waals surface area contributed by atoms with E-state index in [0.717, 1.165) is 49.8 Å². The van der Waals surface area contributed by atoms with Crippen LogP contribution >= 0.6 is 0 Å². The lowest BCUT2D eigenvalue weighted by Crippen LogP contribution is -2.47. The molecule has 28 heavy (non-hydrogen) atoms. The van der Waals surface area contributed by atoms with Crippen molar-refractivity contribution in [3.05, 3.63) is 29.8 Å². The Hall–Kier alpha value is -2.08. The number of carbonyl (C=O) groups excluding carboxylic acids is 2. The number of ether oxygens (including phenoxy) is 1. The van der Waals surface area contributed by atoms with Crippen LogP contribution in [0, 0.1) is 5.92 Å². The molecule has 6 nitrogen and oxygen atoms in total. The number of rotatable bonds is 7. The number of carbonyl (C=O) groups is 2. The molecule has 1 saturated carbocycles. The maximum absolute atomic E-state index is 12.8. The van der Waals surface area contributed by atoms with Crippen molar-refractivity contribution in [1.29, 1.82) is 0 Å². The number of likely N-dealkylation sites (tertiary alicyclic amines) is 1. The molecular formula is C22H33N3O3. The predicted octanol–water partition coefficient (Wildman–Crippen LogP) is 2.25. The van der Waals surface area contributed by atoms with Gasteiger partial charge in [0.05, 0.1) is 7.11 Å². The van der Waals surface area contributed by atoms with Crippen LogP contribution in [0.15, 0.2) is 24.3 Å². The standard InChI is InChI=1S/C22H33N3O3/c1-28-20-7-3-2-5-17(20)10-13-21(26)25-14-4-6-19(25)22(27)24-15-16-8-11-18(23)12-9-16/h2-3,5,7,16,18-19H,4,6,8-15,23H2,1H3,(H,24,27)/t16?,18?,19-/m0/s1. The van der Waals surface area contributed by atoms with Crippen molar-refractivity contribution in [2.75, 3.05) is 20.2 Å². The smallest absolute Gasteiger partial charge is 0.242 e. The highest BCUT2D eigenvalue weighted by Gasteiger charge is 2.34. The maximum atomic E-state index is 12.8. The molecular weight excluding hydrogens is 354 g/mol. The number of nitrogens with one attached hydrogen (secondary N) is 1. The molecule has 154 valence electrons. The lowest BCUT2D eigenvalue weighted by atomic mass is 9.86. The van der Waals surface area contributed by atoms with E-state index < -0.39 is 0 Å². The molecule has 1 aromatic rings. The molecule has 0 unspecified atom stereocenters. The van der Waals surface area contributed by atoms with Crippen LogP contribution in [0.1, 0.15) is 50.5 Å². The molecule has 1 heterocycles. The zero-order valence-corrected chi connectivity index (χ0v) is 16.9. The molecule has 6 heteroatoms. The number of aryl methyl sites for hydroxylation is 1. The molecule has 1 atom stereocenters. The van der Waals surface area contributed by atoms with E-state index in [1.807, 2.05) is 24.3 Å². The summed E-state index contributed by atoms with van der Waals surface area (Å²) in [6, 6.07) is 7.76. The lowest BCUT2D eigenvalue weighted by molar-refractivity contribution is -0.138. The maximum Gasteiger partial charge on any atom is 0.242 e. The SMILES string of the molecule is COc1ccccc1CCC(=O)N1CCC[C@H]1C(=O)NCC1CCC(N)CC1. The molecule has 1 aliphatic carbocycles. The fraction of sp³-hybridized carbons (Fsp3) is 0.636. The summed E-state index contributed by atoms with van der Waals surface area (Å²) in [5.74, 6) is 1.36. The van der Waals surface area contributed by atoms with E-state index in [1.54, 1.807) is 12.0 Å². The molecule has 2 fully saturated rings. The summed E-state index contributed by atoms with van der Waals surface area (Å²) in [5.41, 5.74) is 6.98. The summed E-state index contributed by atoms with van der Waals surface area (Å²) in [6.45, 7) is 1.37. The molecule has 0 bridgehead atoms. The normalized spacial score (nSPS) is 24.8. The first-order chi connectivity index (χ1) is 13.6. The van der Waals surface area contributed by atoms with E-state index in [2.05, 4.69) is 5.32 Å². The Labute approximate surface area is 167 Å². The first kappa shape index (κ1) is 20.6. The number of nitrogens with zero attached hydrogens (tertiary/aromatic N) is 1. The number of benzene rings is 1. The van der Waals surface area contributed by atoms with Crippen LogP contribution in [0.25, 0.3) is 0 Å². The molecule has 2 amide bonds. The Morgan fingerprint density at radius 3 is 2.68 bits per heavy atom. The minimum absolute atomic E-state index is 0.00184. The summed E-state index contributed by atoms with van der Waals surface area (Å²) in [4.78, 5) is 27.2. The molecule has 1 aliphatic heterocycles. The number of nitrogens with two attached hydrogens (primary N) is 1. The van der Waals surface area contributed by atoms with Gasteiger partial charge in [-0.05, 0) is 62.5 Å². The highest BCUT2D eigenvalue weighted by Crippen LogP contribution is 2.24. The second-order valence-electron chi connectivity index (χ2n) is 8.08. The summed E-state index contributed by atoms with van der Waals surface area (Å²) < 4.78 is 5.36. The minimum Gasteiger partial charge on any atom is -0.496 e. The first-order valence-electron chi connectivity index (χ1n) is 10.5. The van der Waals surface area contributed by atoms with Crippen LogP contribution in [0.4, 0.5) is 0 Å². The van der Waals surface area contributed by atoms with E-state index in [0.29, 0.717) is 37.9 Å². The number of amides is 2. The van der Waals surface area contributed by atoms with Gasteiger partial charge in [-0.15, -0.1) is 0 Å². The Balaban J connectivity index is 1.49. The summed E-state index contributed by atoms with van der Waals surface area (Å²) >= 11 is 0. The molecule has 3 rings (SSSR count). The van der Waals surface area contributed by atoms with E-state index in [-0.39, 0.29) is 17.9 Å². The topological polar surface area (TPSA) is 84.7 Å². The second kappa shape index (κ2) is 9.92. The fourth-order valence-corrected chi connectivity index (χ4v) is 4.39. The van der Waals surface area contributed by atoms with Crippen molar-refractivity contribution in [3.63, 3.8) is 0 Å². The first-order valence-corrected chi connectivity index (χ1v) is 10.5. The van der Waals surface area contributed by atoms with Crippen LogP contribution in [0.2, 0.25) is 0 Å². The van der Waals surface area contributed by atoms with Gasteiger partial charge in [-0.1, -0.05) is 18.2 Å². The van der Waals surface area contributed by atoms with Crippen molar-refractivity contribution in [2.24, 2.45) is 11.7 Å². The van der Waals surface area contributed by atoms with Gasteiger partial charge in [0.1, 0.15) is 11.8 Å². The number of hydrogen-bond donors (Lipinski definition) is 2.